The second kappa shape index (κ2) is 7.49. The summed E-state index contributed by atoms with van der Waals surface area (Å²) in [6, 6.07) is 3.39. The van der Waals surface area contributed by atoms with Gasteiger partial charge in [0.1, 0.15) is 11.8 Å². The molecule has 1 atom stereocenters. The Bertz CT molecular complexity index is 519. The summed E-state index contributed by atoms with van der Waals surface area (Å²) in [5.74, 6) is 0.679. The molecular formula is C15H22Br2N2O2. The Morgan fingerprint density at radius 3 is 2.48 bits per heavy atom. The third kappa shape index (κ3) is 5.18. The number of anilines is 1. The Kier molecular flexibility index (Phi) is 6.53. The summed E-state index contributed by atoms with van der Waals surface area (Å²) in [6.07, 6.45) is 0.876. The first-order chi connectivity index (χ1) is 9.70. The van der Waals surface area contributed by atoms with Crippen LogP contribution in [0.25, 0.3) is 0 Å². The van der Waals surface area contributed by atoms with Gasteiger partial charge in [-0.3, -0.25) is 4.79 Å². The van der Waals surface area contributed by atoms with Crippen LogP contribution >= 0.6 is 31.9 Å². The molecule has 0 radical (unpaired) electrons. The number of methoxy groups -OCH3 is 1. The van der Waals surface area contributed by atoms with E-state index in [1.165, 1.54) is 0 Å². The molecule has 118 valence electrons. The zero-order valence-corrected chi connectivity index (χ0v) is 16.2. The first-order valence-electron chi connectivity index (χ1n) is 6.81. The van der Waals surface area contributed by atoms with E-state index in [1.807, 2.05) is 32.9 Å². The Labute approximate surface area is 143 Å². The van der Waals surface area contributed by atoms with E-state index in [0.717, 1.165) is 21.1 Å². The molecule has 0 aliphatic heterocycles. The van der Waals surface area contributed by atoms with Crippen LogP contribution in [0.2, 0.25) is 0 Å². The number of amides is 1. The maximum atomic E-state index is 12.2. The van der Waals surface area contributed by atoms with E-state index in [0.29, 0.717) is 5.75 Å². The summed E-state index contributed by atoms with van der Waals surface area (Å²) in [4.78, 5) is 12.2. The fourth-order valence-electron chi connectivity index (χ4n) is 1.63. The second-order valence-electron chi connectivity index (χ2n) is 5.56. The molecule has 0 fully saturated rings. The van der Waals surface area contributed by atoms with E-state index in [-0.39, 0.29) is 17.5 Å². The normalized spacial score (nSPS) is 12.7. The molecule has 4 nitrogen and oxygen atoms in total. The molecule has 0 aliphatic carbocycles. The number of ether oxygens (including phenoxy) is 1. The molecule has 21 heavy (non-hydrogen) atoms. The monoisotopic (exact) mass is 420 g/mol. The van der Waals surface area contributed by atoms with E-state index in [1.54, 1.807) is 7.11 Å². The zero-order chi connectivity index (χ0) is 16.2. The summed E-state index contributed by atoms with van der Waals surface area (Å²) in [7, 11) is 1.61. The average Bonchev–Trinajstić information content (AvgIpc) is 2.41. The van der Waals surface area contributed by atoms with Crippen LogP contribution in [0, 0.1) is 0 Å². The minimum atomic E-state index is -0.349. The van der Waals surface area contributed by atoms with Crippen LogP contribution in [0.15, 0.2) is 21.1 Å². The van der Waals surface area contributed by atoms with Gasteiger partial charge in [0.15, 0.2) is 0 Å². The van der Waals surface area contributed by atoms with Crippen LogP contribution in [0.4, 0.5) is 5.69 Å². The minimum Gasteiger partial charge on any atom is -0.495 e. The molecule has 0 aliphatic rings. The number of carbonyl (C=O) groups is 1. The molecular weight excluding hydrogens is 400 g/mol. The Hall–Kier alpha value is -0.750. The number of hydrogen-bond acceptors (Lipinski definition) is 3. The van der Waals surface area contributed by atoms with Crippen molar-refractivity contribution in [2.45, 2.75) is 45.7 Å². The van der Waals surface area contributed by atoms with E-state index >= 15 is 0 Å². The van der Waals surface area contributed by atoms with Gasteiger partial charge in [-0.25, -0.2) is 0 Å². The van der Waals surface area contributed by atoms with Gasteiger partial charge in [-0.2, -0.15) is 0 Å². The molecule has 0 saturated carbocycles. The molecule has 2 N–H and O–H groups in total. The van der Waals surface area contributed by atoms with Crippen LogP contribution in [0.3, 0.4) is 0 Å². The fraction of sp³-hybridized carbons (Fsp3) is 0.533. The van der Waals surface area contributed by atoms with Gasteiger partial charge >= 0.3 is 0 Å². The molecule has 1 amide bonds. The van der Waals surface area contributed by atoms with Gasteiger partial charge in [-0.05, 0) is 65.1 Å². The topological polar surface area (TPSA) is 50.4 Å². The summed E-state index contributed by atoms with van der Waals surface area (Å²) in [6.45, 7) is 7.91. The summed E-state index contributed by atoms with van der Waals surface area (Å²) < 4.78 is 6.99. The lowest BCUT2D eigenvalue weighted by Gasteiger charge is -2.27. The number of nitrogens with one attached hydrogen (secondary N) is 2. The molecule has 0 aromatic heterocycles. The van der Waals surface area contributed by atoms with Gasteiger partial charge in [0, 0.05) is 16.1 Å². The lowest BCUT2D eigenvalue weighted by molar-refractivity contribution is -0.123. The molecule has 1 unspecified atom stereocenters. The van der Waals surface area contributed by atoms with Crippen LogP contribution in [-0.4, -0.2) is 24.6 Å². The van der Waals surface area contributed by atoms with Crippen molar-refractivity contribution >= 4 is 43.5 Å². The highest BCUT2D eigenvalue weighted by Crippen LogP contribution is 2.34. The SMILES string of the molecule is CCC(C)(C)NC(=O)C(C)Nc1cc(OC)c(Br)cc1Br. The Balaban J connectivity index is 2.83. The maximum Gasteiger partial charge on any atom is 0.242 e. The fourth-order valence-corrected chi connectivity index (χ4v) is 2.90. The number of carbonyl (C=O) groups excluding carboxylic acids is 1. The second-order valence-corrected chi connectivity index (χ2v) is 7.27. The quantitative estimate of drug-likeness (QED) is 0.718. The lowest BCUT2D eigenvalue weighted by Crippen LogP contribution is -2.48. The standard InChI is InChI=1S/C15H22Br2N2O2/c1-6-15(3,4)19-14(20)9(2)18-12-8-13(21-5)11(17)7-10(12)16/h7-9,18H,6H2,1-5H3,(H,19,20). The highest BCUT2D eigenvalue weighted by molar-refractivity contribution is 9.11. The molecule has 1 aromatic carbocycles. The van der Waals surface area contributed by atoms with E-state index < -0.39 is 0 Å². The van der Waals surface area contributed by atoms with Crippen LogP contribution < -0.4 is 15.4 Å². The van der Waals surface area contributed by atoms with Crippen LogP contribution in [0.1, 0.15) is 34.1 Å². The van der Waals surface area contributed by atoms with Gasteiger partial charge < -0.3 is 15.4 Å². The molecule has 0 saturated heterocycles. The molecule has 0 spiro atoms. The third-order valence-electron chi connectivity index (χ3n) is 3.35. The number of benzene rings is 1. The largest absolute Gasteiger partial charge is 0.495 e. The maximum absolute atomic E-state index is 12.2. The summed E-state index contributed by atoms with van der Waals surface area (Å²) in [5.41, 5.74) is 0.605. The van der Waals surface area contributed by atoms with E-state index in [9.17, 15) is 4.79 Å². The van der Waals surface area contributed by atoms with Gasteiger partial charge in [-0.15, -0.1) is 0 Å². The predicted octanol–water partition coefficient (Wildman–Crippen LogP) is 4.33. The first kappa shape index (κ1) is 18.3. The molecule has 1 rings (SSSR count). The Morgan fingerprint density at radius 1 is 1.33 bits per heavy atom. The molecule has 6 heteroatoms. The van der Waals surface area contributed by atoms with Gasteiger partial charge in [0.25, 0.3) is 0 Å². The molecule has 0 bridgehead atoms. The smallest absolute Gasteiger partial charge is 0.242 e. The predicted molar refractivity (Wildman–Crippen MR) is 94.0 cm³/mol. The third-order valence-corrected chi connectivity index (χ3v) is 4.63. The number of hydrogen-bond donors (Lipinski definition) is 2. The first-order valence-corrected chi connectivity index (χ1v) is 8.40. The van der Waals surface area contributed by atoms with E-state index in [2.05, 4.69) is 49.4 Å². The Morgan fingerprint density at radius 2 is 1.95 bits per heavy atom. The van der Waals surface area contributed by atoms with Crippen molar-refractivity contribution in [3.63, 3.8) is 0 Å². The van der Waals surface area contributed by atoms with Crippen molar-refractivity contribution in [3.8, 4) is 5.75 Å². The van der Waals surface area contributed by atoms with Crippen molar-refractivity contribution in [3.05, 3.63) is 21.1 Å². The average molecular weight is 422 g/mol. The van der Waals surface area contributed by atoms with Crippen LogP contribution in [-0.2, 0) is 4.79 Å². The van der Waals surface area contributed by atoms with Crippen molar-refractivity contribution in [2.75, 3.05) is 12.4 Å². The zero-order valence-electron chi connectivity index (χ0n) is 13.0. The summed E-state index contributed by atoms with van der Waals surface area (Å²) in [5, 5.41) is 6.23. The van der Waals surface area contributed by atoms with Gasteiger partial charge in [0.05, 0.1) is 17.3 Å². The van der Waals surface area contributed by atoms with Crippen molar-refractivity contribution in [1.29, 1.82) is 0 Å². The lowest BCUT2D eigenvalue weighted by atomic mass is 10.0. The number of halogens is 2. The van der Waals surface area contributed by atoms with Crippen LogP contribution in [0.5, 0.6) is 5.75 Å². The molecule has 0 heterocycles. The highest BCUT2D eigenvalue weighted by Gasteiger charge is 2.22. The van der Waals surface area contributed by atoms with Gasteiger partial charge in [-0.1, -0.05) is 6.92 Å². The molecule has 1 aromatic rings. The van der Waals surface area contributed by atoms with Gasteiger partial charge in [0.2, 0.25) is 5.91 Å². The van der Waals surface area contributed by atoms with Crippen molar-refractivity contribution < 1.29 is 9.53 Å². The minimum absolute atomic E-state index is 0.0318. The highest BCUT2D eigenvalue weighted by atomic mass is 79.9. The van der Waals surface area contributed by atoms with Crippen molar-refractivity contribution in [2.24, 2.45) is 0 Å². The summed E-state index contributed by atoms with van der Waals surface area (Å²) >= 11 is 6.91. The van der Waals surface area contributed by atoms with E-state index in [4.69, 9.17) is 4.74 Å². The van der Waals surface area contributed by atoms with Crippen molar-refractivity contribution in [1.82, 2.24) is 5.32 Å². The number of rotatable bonds is 6.